The van der Waals surface area contributed by atoms with Crippen LogP contribution in [0.4, 0.5) is 18.9 Å². The molecule has 2 atom stereocenters. The maximum Gasteiger partial charge on any atom is 0.417 e. The topological polar surface area (TPSA) is 148 Å². The van der Waals surface area contributed by atoms with Crippen LogP contribution in [0.25, 0.3) is 0 Å². The van der Waals surface area contributed by atoms with E-state index >= 15 is 0 Å². The standard InChI is InChI=1S/C15H12F3N5O4/c1-14(25,13(20)24)12(22-7-10(6-21-22)23(26)27)8-2-3-9(5-19)11(4-8)15(16,17)18/h2-4,6-7,12,25H,1H3,(H2,20,24). The normalized spacial score (nSPS) is 14.8. The summed E-state index contributed by atoms with van der Waals surface area (Å²) in [6.45, 7) is 0.943. The third-order valence-electron chi connectivity index (χ3n) is 3.88. The molecule has 27 heavy (non-hydrogen) atoms. The zero-order valence-corrected chi connectivity index (χ0v) is 13.6. The fourth-order valence-corrected chi connectivity index (χ4v) is 2.50. The van der Waals surface area contributed by atoms with Crippen LogP contribution in [0.5, 0.6) is 0 Å². The van der Waals surface area contributed by atoms with Gasteiger partial charge in [0.05, 0.1) is 22.1 Å². The van der Waals surface area contributed by atoms with Gasteiger partial charge in [-0.1, -0.05) is 6.07 Å². The number of nitro groups is 1. The van der Waals surface area contributed by atoms with E-state index in [1.807, 2.05) is 0 Å². The summed E-state index contributed by atoms with van der Waals surface area (Å²) in [6.07, 6.45) is -3.24. The largest absolute Gasteiger partial charge is 0.417 e. The van der Waals surface area contributed by atoms with Gasteiger partial charge in [0, 0.05) is 0 Å². The molecule has 1 amide bonds. The number of halogens is 3. The molecule has 142 valence electrons. The fourth-order valence-electron chi connectivity index (χ4n) is 2.50. The van der Waals surface area contributed by atoms with Crippen molar-refractivity contribution in [3.63, 3.8) is 0 Å². The molecule has 0 spiro atoms. The molecule has 0 aliphatic carbocycles. The summed E-state index contributed by atoms with van der Waals surface area (Å²) in [6, 6.07) is 2.29. The summed E-state index contributed by atoms with van der Waals surface area (Å²) in [7, 11) is 0. The summed E-state index contributed by atoms with van der Waals surface area (Å²) < 4.78 is 40.5. The molecule has 3 N–H and O–H groups in total. The summed E-state index contributed by atoms with van der Waals surface area (Å²) in [5, 5.41) is 33.8. The number of aliphatic hydroxyl groups is 1. The van der Waals surface area contributed by atoms with Gasteiger partial charge >= 0.3 is 11.9 Å². The first-order valence-corrected chi connectivity index (χ1v) is 7.21. The molecule has 12 heteroatoms. The van der Waals surface area contributed by atoms with Gasteiger partial charge in [0.25, 0.3) is 5.91 Å². The lowest BCUT2D eigenvalue weighted by Crippen LogP contribution is -2.48. The molecule has 0 bridgehead atoms. The van der Waals surface area contributed by atoms with E-state index in [0.717, 1.165) is 36.1 Å². The lowest BCUT2D eigenvalue weighted by Gasteiger charge is -2.31. The maximum absolute atomic E-state index is 13.2. The Kier molecular flexibility index (Phi) is 4.92. The number of nitrogens with zero attached hydrogens (tertiary/aromatic N) is 4. The number of hydrogen-bond acceptors (Lipinski definition) is 6. The monoisotopic (exact) mass is 383 g/mol. The molecule has 1 heterocycles. The van der Waals surface area contributed by atoms with Crippen molar-refractivity contribution in [2.75, 3.05) is 0 Å². The molecule has 0 radical (unpaired) electrons. The van der Waals surface area contributed by atoms with Gasteiger partial charge in [0.1, 0.15) is 18.4 Å². The highest BCUT2D eigenvalue weighted by atomic mass is 19.4. The van der Waals surface area contributed by atoms with Crippen LogP contribution in [-0.2, 0) is 11.0 Å². The summed E-state index contributed by atoms with van der Waals surface area (Å²) in [5.74, 6) is -1.29. The lowest BCUT2D eigenvalue weighted by molar-refractivity contribution is -0.385. The van der Waals surface area contributed by atoms with Crippen molar-refractivity contribution in [1.29, 1.82) is 5.26 Å². The first-order valence-electron chi connectivity index (χ1n) is 7.21. The van der Waals surface area contributed by atoms with Crippen LogP contribution in [0, 0.1) is 21.4 Å². The molecule has 0 fully saturated rings. The highest BCUT2D eigenvalue weighted by Crippen LogP contribution is 2.37. The van der Waals surface area contributed by atoms with E-state index in [9.17, 15) is 33.2 Å². The van der Waals surface area contributed by atoms with Crippen molar-refractivity contribution < 1.29 is 28.0 Å². The number of aromatic nitrogens is 2. The van der Waals surface area contributed by atoms with Gasteiger partial charge in [-0.2, -0.15) is 23.5 Å². The average molecular weight is 383 g/mol. The van der Waals surface area contributed by atoms with Crippen LogP contribution in [0.2, 0.25) is 0 Å². The molecule has 1 aromatic carbocycles. The molecule has 2 rings (SSSR count). The van der Waals surface area contributed by atoms with Crippen LogP contribution >= 0.6 is 0 Å². The number of carbonyl (C=O) groups excluding carboxylic acids is 1. The molecule has 9 nitrogen and oxygen atoms in total. The van der Waals surface area contributed by atoms with E-state index in [-0.39, 0.29) is 5.56 Å². The number of alkyl halides is 3. The lowest BCUT2D eigenvalue weighted by atomic mass is 9.88. The van der Waals surface area contributed by atoms with Crippen molar-refractivity contribution in [2.24, 2.45) is 5.73 Å². The van der Waals surface area contributed by atoms with Crippen LogP contribution in [-0.4, -0.2) is 31.3 Å². The number of carbonyl (C=O) groups is 1. The van der Waals surface area contributed by atoms with Gasteiger partial charge in [-0.3, -0.25) is 19.6 Å². The number of benzene rings is 1. The predicted octanol–water partition coefficient (Wildman–Crippen LogP) is 1.51. The summed E-state index contributed by atoms with van der Waals surface area (Å²) in [4.78, 5) is 21.7. The van der Waals surface area contributed by atoms with Crippen LogP contribution in [0.3, 0.4) is 0 Å². The molecular formula is C15H12F3N5O4. The zero-order valence-electron chi connectivity index (χ0n) is 13.6. The quantitative estimate of drug-likeness (QED) is 0.590. The molecule has 1 aromatic heterocycles. The van der Waals surface area contributed by atoms with Crippen molar-refractivity contribution >= 4 is 11.6 Å². The molecule has 0 saturated heterocycles. The van der Waals surface area contributed by atoms with Gasteiger partial charge in [0.15, 0.2) is 5.60 Å². The first kappa shape index (κ1) is 19.9. The number of hydrogen-bond donors (Lipinski definition) is 2. The molecule has 0 saturated carbocycles. The Labute approximate surface area is 149 Å². The second kappa shape index (κ2) is 6.69. The second-order valence-electron chi connectivity index (χ2n) is 5.76. The van der Waals surface area contributed by atoms with Crippen LogP contribution in [0.1, 0.15) is 29.7 Å². The number of nitriles is 1. The van der Waals surface area contributed by atoms with Gasteiger partial charge in [-0.25, -0.2) is 0 Å². The molecule has 2 aromatic rings. The molecule has 0 aliphatic rings. The minimum Gasteiger partial charge on any atom is -0.378 e. The Morgan fingerprint density at radius 2 is 2.11 bits per heavy atom. The fraction of sp³-hybridized carbons (Fsp3) is 0.267. The van der Waals surface area contributed by atoms with Crippen molar-refractivity contribution in [2.45, 2.75) is 24.7 Å². The van der Waals surface area contributed by atoms with Gasteiger partial charge in [-0.05, 0) is 24.6 Å². The first-order chi connectivity index (χ1) is 12.4. The molecule has 0 aliphatic heterocycles. The second-order valence-corrected chi connectivity index (χ2v) is 5.76. The number of amides is 1. The van der Waals surface area contributed by atoms with E-state index < -0.39 is 45.5 Å². The van der Waals surface area contributed by atoms with Crippen LogP contribution in [0.15, 0.2) is 30.6 Å². The smallest absolute Gasteiger partial charge is 0.378 e. The minimum absolute atomic E-state index is 0.275. The maximum atomic E-state index is 13.2. The third kappa shape index (κ3) is 3.72. The van der Waals surface area contributed by atoms with Gasteiger partial charge in [0.2, 0.25) is 0 Å². The highest BCUT2D eigenvalue weighted by molar-refractivity contribution is 5.84. The van der Waals surface area contributed by atoms with Crippen molar-refractivity contribution in [1.82, 2.24) is 9.78 Å². The van der Waals surface area contributed by atoms with Crippen molar-refractivity contribution in [3.05, 3.63) is 57.4 Å². The Bertz CT molecular complexity index is 946. The Hall–Kier alpha value is -3.46. The van der Waals surface area contributed by atoms with Crippen LogP contribution < -0.4 is 5.73 Å². The number of rotatable bonds is 5. The van der Waals surface area contributed by atoms with Crippen molar-refractivity contribution in [3.8, 4) is 6.07 Å². The Morgan fingerprint density at radius 3 is 2.56 bits per heavy atom. The highest BCUT2D eigenvalue weighted by Gasteiger charge is 2.43. The zero-order chi connectivity index (χ0) is 20.6. The number of nitrogens with two attached hydrogens (primary N) is 1. The summed E-state index contributed by atoms with van der Waals surface area (Å²) in [5.41, 5.74) is -0.0458. The Balaban J connectivity index is 2.73. The summed E-state index contributed by atoms with van der Waals surface area (Å²) >= 11 is 0. The average Bonchev–Trinajstić information content (AvgIpc) is 3.03. The van der Waals surface area contributed by atoms with Gasteiger partial charge in [-0.15, -0.1) is 0 Å². The third-order valence-corrected chi connectivity index (χ3v) is 3.88. The van der Waals surface area contributed by atoms with E-state index in [1.54, 1.807) is 0 Å². The number of primary amides is 1. The van der Waals surface area contributed by atoms with E-state index in [4.69, 9.17) is 11.0 Å². The van der Waals surface area contributed by atoms with E-state index in [0.29, 0.717) is 6.07 Å². The minimum atomic E-state index is -4.89. The van der Waals surface area contributed by atoms with Gasteiger partial charge < -0.3 is 10.8 Å². The Morgan fingerprint density at radius 1 is 1.48 bits per heavy atom. The van der Waals surface area contributed by atoms with E-state index in [1.165, 1.54) is 6.07 Å². The van der Waals surface area contributed by atoms with E-state index in [2.05, 4.69) is 5.10 Å². The molecular weight excluding hydrogens is 371 g/mol. The SMILES string of the molecule is CC(O)(C(N)=O)C(c1ccc(C#N)c(C(F)(F)F)c1)n1cc([N+](=O)[O-])cn1. The predicted molar refractivity (Wildman–Crippen MR) is 83.0 cm³/mol. The molecule has 2 unspecified atom stereocenters.